The van der Waals surface area contributed by atoms with Gasteiger partial charge in [-0.25, -0.2) is 0 Å². The van der Waals surface area contributed by atoms with Gasteiger partial charge < -0.3 is 15.2 Å². The van der Waals surface area contributed by atoms with E-state index in [1.165, 1.54) is 6.07 Å². The van der Waals surface area contributed by atoms with Crippen LogP contribution >= 0.6 is 0 Å². The number of anilines is 1. The summed E-state index contributed by atoms with van der Waals surface area (Å²) < 4.78 is 29.0. The van der Waals surface area contributed by atoms with Crippen molar-refractivity contribution in [2.45, 2.75) is 44.4 Å². The Balaban J connectivity index is 2.00. The lowest BCUT2D eigenvalue weighted by Crippen LogP contribution is -2.28. The van der Waals surface area contributed by atoms with E-state index >= 15 is 0 Å². The van der Waals surface area contributed by atoms with Crippen molar-refractivity contribution >= 4 is 5.69 Å². The summed E-state index contributed by atoms with van der Waals surface area (Å²) in [5.41, 5.74) is 0.583. The van der Waals surface area contributed by atoms with Gasteiger partial charge in [-0.3, -0.25) is 0 Å². The van der Waals surface area contributed by atoms with Crippen LogP contribution in [0.4, 0.5) is 14.5 Å². The molecule has 0 atom stereocenters. The third-order valence-corrected chi connectivity index (χ3v) is 3.16. The Morgan fingerprint density at radius 3 is 2.50 bits per heavy atom. The topological polar surface area (TPSA) is 41.5 Å². The number of hydrogen-bond donors (Lipinski definition) is 2. The van der Waals surface area contributed by atoms with Gasteiger partial charge in [-0.1, -0.05) is 12.1 Å². The maximum absolute atomic E-state index is 12.2. The van der Waals surface area contributed by atoms with Gasteiger partial charge in [-0.2, -0.15) is 8.78 Å². The Bertz CT molecular complexity index is 379. The minimum absolute atomic E-state index is 0.165. The normalized spacial score (nSPS) is 24.0. The van der Waals surface area contributed by atoms with Crippen molar-refractivity contribution in [2.24, 2.45) is 0 Å². The van der Waals surface area contributed by atoms with Gasteiger partial charge in [0.1, 0.15) is 5.75 Å². The summed E-state index contributed by atoms with van der Waals surface area (Å²) in [6.45, 7) is -2.82. The molecule has 0 unspecified atom stereocenters. The van der Waals surface area contributed by atoms with Crippen LogP contribution in [0.1, 0.15) is 25.7 Å². The number of rotatable bonds is 4. The molecule has 0 aliphatic heterocycles. The number of halogens is 2. The predicted molar refractivity (Wildman–Crippen MR) is 65.0 cm³/mol. The highest BCUT2D eigenvalue weighted by atomic mass is 19.3. The van der Waals surface area contributed by atoms with E-state index in [-0.39, 0.29) is 17.9 Å². The molecule has 1 aliphatic carbocycles. The Morgan fingerprint density at radius 2 is 1.83 bits per heavy atom. The molecule has 100 valence electrons. The first-order valence-electron chi connectivity index (χ1n) is 6.13. The van der Waals surface area contributed by atoms with Crippen molar-refractivity contribution in [2.75, 3.05) is 5.32 Å². The first kappa shape index (κ1) is 13.1. The van der Waals surface area contributed by atoms with E-state index in [0.29, 0.717) is 5.69 Å². The molecule has 1 aromatic carbocycles. The maximum atomic E-state index is 12.2. The van der Waals surface area contributed by atoms with Crippen molar-refractivity contribution in [3.63, 3.8) is 0 Å². The average Bonchev–Trinajstić information content (AvgIpc) is 2.34. The van der Waals surface area contributed by atoms with Gasteiger partial charge in [0.05, 0.1) is 11.8 Å². The molecule has 5 heteroatoms. The van der Waals surface area contributed by atoms with E-state index in [2.05, 4.69) is 10.1 Å². The smallest absolute Gasteiger partial charge is 0.387 e. The molecule has 2 rings (SSSR count). The van der Waals surface area contributed by atoms with Crippen LogP contribution in [0.15, 0.2) is 24.3 Å². The molecule has 0 spiro atoms. The van der Waals surface area contributed by atoms with Gasteiger partial charge >= 0.3 is 6.61 Å². The zero-order valence-corrected chi connectivity index (χ0v) is 9.98. The van der Waals surface area contributed by atoms with Gasteiger partial charge in [0, 0.05) is 6.04 Å². The van der Waals surface area contributed by atoms with Crippen LogP contribution in [-0.2, 0) is 0 Å². The molecular weight excluding hydrogens is 240 g/mol. The average molecular weight is 257 g/mol. The third-order valence-electron chi connectivity index (χ3n) is 3.16. The molecule has 1 aromatic rings. The largest absolute Gasteiger partial charge is 0.433 e. The Hall–Kier alpha value is -1.36. The summed E-state index contributed by atoms with van der Waals surface area (Å²) in [4.78, 5) is 0. The van der Waals surface area contributed by atoms with Crippen LogP contribution in [0, 0.1) is 0 Å². The van der Waals surface area contributed by atoms with E-state index in [0.717, 1.165) is 25.7 Å². The van der Waals surface area contributed by atoms with Crippen LogP contribution in [0.25, 0.3) is 0 Å². The molecule has 0 amide bonds. The van der Waals surface area contributed by atoms with Crippen molar-refractivity contribution in [3.05, 3.63) is 24.3 Å². The van der Waals surface area contributed by atoms with Crippen LogP contribution in [0.2, 0.25) is 0 Å². The summed E-state index contributed by atoms with van der Waals surface area (Å²) >= 11 is 0. The second-order valence-electron chi connectivity index (χ2n) is 4.52. The van der Waals surface area contributed by atoms with Gasteiger partial charge in [0.25, 0.3) is 0 Å². The molecule has 0 bridgehead atoms. The van der Waals surface area contributed by atoms with Crippen LogP contribution < -0.4 is 10.1 Å². The summed E-state index contributed by atoms with van der Waals surface area (Å²) in [5, 5.41) is 12.6. The predicted octanol–water partition coefficient (Wildman–Crippen LogP) is 3.00. The number of benzene rings is 1. The molecule has 3 nitrogen and oxygen atoms in total. The number of alkyl halides is 2. The van der Waals surface area contributed by atoms with Gasteiger partial charge in [0.2, 0.25) is 0 Å². The molecule has 0 aromatic heterocycles. The minimum Gasteiger partial charge on any atom is -0.433 e. The van der Waals surface area contributed by atoms with Crippen molar-refractivity contribution in [1.82, 2.24) is 0 Å². The van der Waals surface area contributed by atoms with Crippen LogP contribution in [0.5, 0.6) is 5.75 Å². The fourth-order valence-corrected chi connectivity index (χ4v) is 2.22. The van der Waals surface area contributed by atoms with Crippen molar-refractivity contribution in [3.8, 4) is 5.75 Å². The third kappa shape index (κ3) is 3.57. The minimum atomic E-state index is -2.82. The number of aliphatic hydroxyl groups is 1. The standard InChI is InChI=1S/C13H17F2NO2/c14-13(15)18-12-4-2-1-3-11(12)16-9-5-7-10(17)8-6-9/h1-4,9-10,13,16-17H,5-8H2. The molecule has 1 fully saturated rings. The Morgan fingerprint density at radius 1 is 1.17 bits per heavy atom. The first-order chi connectivity index (χ1) is 8.65. The SMILES string of the molecule is OC1CCC(Nc2ccccc2OC(F)F)CC1. The second kappa shape index (κ2) is 6.00. The zero-order valence-electron chi connectivity index (χ0n) is 9.98. The van der Waals surface area contributed by atoms with E-state index in [1.807, 2.05) is 0 Å². The Labute approximate surface area is 105 Å². The molecule has 18 heavy (non-hydrogen) atoms. The van der Waals surface area contributed by atoms with Gasteiger partial charge in [-0.05, 0) is 37.8 Å². The highest BCUT2D eigenvalue weighted by Gasteiger charge is 2.20. The quantitative estimate of drug-likeness (QED) is 0.871. The molecule has 0 radical (unpaired) electrons. The monoisotopic (exact) mass is 257 g/mol. The lowest BCUT2D eigenvalue weighted by molar-refractivity contribution is -0.0494. The van der Waals surface area contributed by atoms with Crippen LogP contribution in [-0.4, -0.2) is 23.9 Å². The van der Waals surface area contributed by atoms with Crippen LogP contribution in [0.3, 0.4) is 0 Å². The fourth-order valence-electron chi connectivity index (χ4n) is 2.22. The highest BCUT2D eigenvalue weighted by Crippen LogP contribution is 2.29. The van der Waals surface area contributed by atoms with E-state index in [4.69, 9.17) is 0 Å². The molecule has 1 saturated carbocycles. The number of ether oxygens (including phenoxy) is 1. The second-order valence-corrected chi connectivity index (χ2v) is 4.52. The molecular formula is C13H17F2NO2. The Kier molecular flexibility index (Phi) is 4.36. The lowest BCUT2D eigenvalue weighted by Gasteiger charge is -2.27. The molecule has 0 saturated heterocycles. The van der Waals surface area contributed by atoms with E-state index in [1.54, 1.807) is 18.2 Å². The lowest BCUT2D eigenvalue weighted by atomic mass is 9.93. The summed E-state index contributed by atoms with van der Waals surface area (Å²) in [6.07, 6.45) is 2.94. The molecule has 1 aliphatic rings. The number of hydrogen-bond acceptors (Lipinski definition) is 3. The highest BCUT2D eigenvalue weighted by molar-refractivity contribution is 5.56. The maximum Gasteiger partial charge on any atom is 0.387 e. The number of para-hydroxylation sites is 2. The number of nitrogens with one attached hydrogen (secondary N) is 1. The van der Waals surface area contributed by atoms with Crippen molar-refractivity contribution < 1.29 is 18.6 Å². The molecule has 0 heterocycles. The van der Waals surface area contributed by atoms with E-state index < -0.39 is 6.61 Å². The molecule has 2 N–H and O–H groups in total. The van der Waals surface area contributed by atoms with Crippen molar-refractivity contribution in [1.29, 1.82) is 0 Å². The van der Waals surface area contributed by atoms with Gasteiger partial charge in [0.15, 0.2) is 0 Å². The van der Waals surface area contributed by atoms with Gasteiger partial charge in [-0.15, -0.1) is 0 Å². The summed E-state index contributed by atoms with van der Waals surface area (Å²) in [5.74, 6) is 0.165. The number of aliphatic hydroxyl groups excluding tert-OH is 1. The van der Waals surface area contributed by atoms with E-state index in [9.17, 15) is 13.9 Å². The summed E-state index contributed by atoms with van der Waals surface area (Å²) in [7, 11) is 0. The fraction of sp³-hybridized carbons (Fsp3) is 0.538. The summed E-state index contributed by atoms with van der Waals surface area (Å²) in [6, 6.07) is 6.89. The zero-order chi connectivity index (χ0) is 13.0. The first-order valence-corrected chi connectivity index (χ1v) is 6.13.